The van der Waals surface area contributed by atoms with Crippen LogP contribution in [0.25, 0.3) is 0 Å². The Morgan fingerprint density at radius 2 is 1.88 bits per heavy atom. The van der Waals surface area contributed by atoms with E-state index in [0.717, 1.165) is 24.2 Å². The van der Waals surface area contributed by atoms with Crippen molar-refractivity contribution in [3.8, 4) is 0 Å². The second-order valence-electron chi connectivity index (χ2n) is 3.17. The van der Waals surface area contributed by atoms with E-state index in [2.05, 4.69) is 4.98 Å². The quantitative estimate of drug-likeness (QED) is 0.788. The molecule has 0 bridgehead atoms. The van der Waals surface area contributed by atoms with Crippen molar-refractivity contribution in [1.29, 1.82) is 0 Å². The lowest BCUT2D eigenvalue weighted by molar-refractivity contribution is 0.0772. The summed E-state index contributed by atoms with van der Waals surface area (Å²) in [7, 11) is 0. The van der Waals surface area contributed by atoms with Crippen molar-refractivity contribution in [2.24, 2.45) is 0 Å². The zero-order valence-corrected chi connectivity index (χ0v) is 10.9. The summed E-state index contributed by atoms with van der Waals surface area (Å²) in [6, 6.07) is 1.77. The van der Waals surface area contributed by atoms with E-state index < -0.39 is 0 Å². The van der Waals surface area contributed by atoms with Crippen molar-refractivity contribution in [3.63, 3.8) is 0 Å². The van der Waals surface area contributed by atoms with Crippen molar-refractivity contribution >= 4 is 5.91 Å². The molecule has 0 radical (unpaired) electrons. The van der Waals surface area contributed by atoms with Gasteiger partial charge in [0.1, 0.15) is 0 Å². The maximum atomic E-state index is 11.9. The Morgan fingerprint density at radius 1 is 1.31 bits per heavy atom. The molecule has 0 aliphatic heterocycles. The number of carbonyl (C=O) groups is 1. The molecule has 3 nitrogen and oxygen atoms in total. The van der Waals surface area contributed by atoms with Gasteiger partial charge in [0.25, 0.3) is 5.91 Å². The summed E-state index contributed by atoms with van der Waals surface area (Å²) < 4.78 is 0. The van der Waals surface area contributed by atoms with Gasteiger partial charge < -0.3 is 4.90 Å². The van der Waals surface area contributed by atoms with E-state index in [0.29, 0.717) is 0 Å². The van der Waals surface area contributed by atoms with Gasteiger partial charge in [0.05, 0.1) is 0 Å². The normalized spacial score (nSPS) is 9.06. The number of rotatable bonds is 3. The van der Waals surface area contributed by atoms with Crippen molar-refractivity contribution in [1.82, 2.24) is 9.88 Å². The molecule has 0 saturated carbocycles. The van der Waals surface area contributed by atoms with Crippen LogP contribution in [0.4, 0.5) is 0 Å². The lowest BCUT2D eigenvalue weighted by atomic mass is 10.1. The van der Waals surface area contributed by atoms with Crippen LogP contribution in [0.15, 0.2) is 18.5 Å². The first-order chi connectivity index (χ1) is 7.70. The Balaban J connectivity index is 0.00000106. The van der Waals surface area contributed by atoms with Crippen LogP contribution in [-0.4, -0.2) is 28.9 Å². The zero-order chi connectivity index (χ0) is 12.6. The fourth-order valence-corrected chi connectivity index (χ4v) is 1.39. The minimum Gasteiger partial charge on any atom is -0.339 e. The van der Waals surface area contributed by atoms with Crippen molar-refractivity contribution in [3.05, 3.63) is 29.6 Å². The molecule has 0 aliphatic carbocycles. The molecule has 0 N–H and O–H groups in total. The van der Waals surface area contributed by atoms with Gasteiger partial charge >= 0.3 is 0 Å². The van der Waals surface area contributed by atoms with Crippen molar-refractivity contribution in [2.75, 3.05) is 13.1 Å². The standard InChI is InChI=1S/C11H16N2O.C2H6/c1-4-13(5-2)11(14)10-6-7-12-8-9(10)3;1-2/h6-8H,4-5H2,1-3H3;1-2H3. The minimum atomic E-state index is 0.0925. The Hall–Kier alpha value is -1.38. The van der Waals surface area contributed by atoms with E-state index in [1.54, 1.807) is 18.5 Å². The maximum absolute atomic E-state index is 11.9. The number of amides is 1. The van der Waals surface area contributed by atoms with Crippen LogP contribution in [0.3, 0.4) is 0 Å². The van der Waals surface area contributed by atoms with Gasteiger partial charge in [-0.2, -0.15) is 0 Å². The van der Waals surface area contributed by atoms with Crippen molar-refractivity contribution < 1.29 is 4.79 Å². The van der Waals surface area contributed by atoms with Gasteiger partial charge in [-0.1, -0.05) is 13.8 Å². The molecule has 0 fully saturated rings. The molecule has 1 rings (SSSR count). The first-order valence-corrected chi connectivity index (χ1v) is 5.90. The van der Waals surface area contributed by atoms with Gasteiger partial charge in [0, 0.05) is 31.0 Å². The molecule has 90 valence electrons. The van der Waals surface area contributed by atoms with E-state index in [-0.39, 0.29) is 5.91 Å². The highest BCUT2D eigenvalue weighted by Gasteiger charge is 2.13. The molecule has 0 spiro atoms. The van der Waals surface area contributed by atoms with E-state index >= 15 is 0 Å². The largest absolute Gasteiger partial charge is 0.339 e. The van der Waals surface area contributed by atoms with Crippen LogP contribution in [0.1, 0.15) is 43.6 Å². The van der Waals surface area contributed by atoms with Crippen LogP contribution >= 0.6 is 0 Å². The Labute approximate surface area is 98.5 Å². The van der Waals surface area contributed by atoms with Gasteiger partial charge in [-0.05, 0) is 32.4 Å². The molecule has 0 aromatic carbocycles. The van der Waals surface area contributed by atoms with Crippen LogP contribution < -0.4 is 0 Å². The molecule has 0 aliphatic rings. The molecule has 3 heteroatoms. The van der Waals surface area contributed by atoms with Gasteiger partial charge in [0.15, 0.2) is 0 Å². The number of aryl methyl sites for hydroxylation is 1. The SMILES string of the molecule is CC.CCN(CC)C(=O)c1ccncc1C. The predicted octanol–water partition coefficient (Wildman–Crippen LogP) is 2.90. The van der Waals surface area contributed by atoms with Gasteiger partial charge in [-0.3, -0.25) is 9.78 Å². The number of pyridine rings is 1. The third-order valence-corrected chi connectivity index (χ3v) is 2.30. The summed E-state index contributed by atoms with van der Waals surface area (Å²) in [6.07, 6.45) is 3.38. The third-order valence-electron chi connectivity index (χ3n) is 2.30. The average Bonchev–Trinajstić information content (AvgIpc) is 2.33. The first kappa shape index (κ1) is 14.6. The molecule has 1 aromatic heterocycles. The molecule has 0 saturated heterocycles. The van der Waals surface area contributed by atoms with E-state index in [1.807, 2.05) is 39.5 Å². The lowest BCUT2D eigenvalue weighted by Gasteiger charge is -2.19. The molecule has 0 atom stereocenters. The highest BCUT2D eigenvalue weighted by molar-refractivity contribution is 5.95. The summed E-state index contributed by atoms with van der Waals surface area (Å²) in [6.45, 7) is 11.4. The summed E-state index contributed by atoms with van der Waals surface area (Å²) in [5.74, 6) is 0.0925. The number of aromatic nitrogens is 1. The summed E-state index contributed by atoms with van der Waals surface area (Å²) >= 11 is 0. The summed E-state index contributed by atoms with van der Waals surface area (Å²) in [5, 5.41) is 0. The lowest BCUT2D eigenvalue weighted by Crippen LogP contribution is -2.30. The Kier molecular flexibility index (Phi) is 7.18. The topological polar surface area (TPSA) is 33.2 Å². The van der Waals surface area contributed by atoms with Crippen molar-refractivity contribution in [2.45, 2.75) is 34.6 Å². The number of nitrogens with zero attached hydrogens (tertiary/aromatic N) is 2. The highest BCUT2D eigenvalue weighted by atomic mass is 16.2. The van der Waals surface area contributed by atoms with Gasteiger partial charge in [-0.25, -0.2) is 0 Å². The predicted molar refractivity (Wildman–Crippen MR) is 67.6 cm³/mol. The monoisotopic (exact) mass is 222 g/mol. The molecule has 1 amide bonds. The number of hydrogen-bond donors (Lipinski definition) is 0. The van der Waals surface area contributed by atoms with Crippen LogP contribution in [0, 0.1) is 6.92 Å². The number of carbonyl (C=O) groups excluding carboxylic acids is 1. The fourth-order valence-electron chi connectivity index (χ4n) is 1.39. The molecule has 0 unspecified atom stereocenters. The van der Waals surface area contributed by atoms with Gasteiger partial charge in [0.2, 0.25) is 0 Å². The third kappa shape index (κ3) is 3.65. The molecule has 16 heavy (non-hydrogen) atoms. The van der Waals surface area contributed by atoms with E-state index in [9.17, 15) is 4.79 Å². The highest BCUT2D eigenvalue weighted by Crippen LogP contribution is 2.08. The van der Waals surface area contributed by atoms with Crippen LogP contribution in [-0.2, 0) is 0 Å². The Bertz CT molecular complexity index is 319. The molecular weight excluding hydrogens is 200 g/mol. The van der Waals surface area contributed by atoms with Crippen LogP contribution in [0.2, 0.25) is 0 Å². The average molecular weight is 222 g/mol. The number of hydrogen-bond acceptors (Lipinski definition) is 2. The summed E-state index contributed by atoms with van der Waals surface area (Å²) in [4.78, 5) is 17.7. The smallest absolute Gasteiger partial charge is 0.254 e. The van der Waals surface area contributed by atoms with Crippen LogP contribution in [0.5, 0.6) is 0 Å². The minimum absolute atomic E-state index is 0.0925. The maximum Gasteiger partial charge on any atom is 0.254 e. The van der Waals surface area contributed by atoms with Gasteiger partial charge in [-0.15, -0.1) is 0 Å². The second kappa shape index (κ2) is 7.85. The summed E-state index contributed by atoms with van der Waals surface area (Å²) in [5.41, 5.74) is 1.69. The van der Waals surface area contributed by atoms with E-state index in [4.69, 9.17) is 0 Å². The zero-order valence-electron chi connectivity index (χ0n) is 10.9. The fraction of sp³-hybridized carbons (Fsp3) is 0.538. The Morgan fingerprint density at radius 3 is 2.31 bits per heavy atom. The molecular formula is C13H22N2O. The second-order valence-corrected chi connectivity index (χ2v) is 3.17. The molecule has 1 heterocycles. The van der Waals surface area contributed by atoms with E-state index in [1.165, 1.54) is 0 Å². The first-order valence-electron chi connectivity index (χ1n) is 5.90. The molecule has 1 aromatic rings.